The van der Waals surface area contributed by atoms with Gasteiger partial charge in [0.1, 0.15) is 0 Å². The first kappa shape index (κ1) is 15.4. The molecule has 0 radical (unpaired) electrons. The van der Waals surface area contributed by atoms with Gasteiger partial charge in [-0.2, -0.15) is 0 Å². The van der Waals surface area contributed by atoms with E-state index in [0.717, 1.165) is 41.0 Å². The number of nitrogens with one attached hydrogen (secondary N) is 2. The first-order chi connectivity index (χ1) is 9.65. The minimum atomic E-state index is 0.739. The summed E-state index contributed by atoms with van der Waals surface area (Å²) in [6, 6.07) is 6.35. The van der Waals surface area contributed by atoms with Crippen molar-refractivity contribution in [3.05, 3.63) is 23.8 Å². The summed E-state index contributed by atoms with van der Waals surface area (Å²) in [6.07, 6.45) is 2.46. The highest BCUT2D eigenvalue weighted by Gasteiger charge is 2.03. The van der Waals surface area contributed by atoms with Crippen LogP contribution in [-0.2, 0) is 0 Å². The third kappa shape index (κ3) is 4.84. The van der Waals surface area contributed by atoms with E-state index in [1.165, 1.54) is 18.4 Å². The molecular weight excluding hydrogens is 266 g/mol. The molecule has 0 saturated carbocycles. The number of H-pyrrole nitrogens is 1. The van der Waals surface area contributed by atoms with Crippen LogP contribution in [0.2, 0.25) is 0 Å². The van der Waals surface area contributed by atoms with Crippen molar-refractivity contribution in [2.24, 2.45) is 5.92 Å². The number of nitrogens with zero attached hydrogens (tertiary/aromatic N) is 1. The molecule has 2 rings (SSSR count). The summed E-state index contributed by atoms with van der Waals surface area (Å²) in [5, 5.41) is 4.52. The topological polar surface area (TPSA) is 40.7 Å². The number of hydrogen-bond acceptors (Lipinski definition) is 3. The summed E-state index contributed by atoms with van der Waals surface area (Å²) in [5.41, 5.74) is 3.48. The summed E-state index contributed by atoms with van der Waals surface area (Å²) in [6.45, 7) is 8.84. The Morgan fingerprint density at radius 1 is 1.30 bits per heavy atom. The molecule has 0 saturated heterocycles. The zero-order chi connectivity index (χ0) is 14.4. The average molecular weight is 291 g/mol. The number of benzene rings is 1. The van der Waals surface area contributed by atoms with Gasteiger partial charge in [0.2, 0.25) is 0 Å². The minimum absolute atomic E-state index is 0.739. The van der Waals surface area contributed by atoms with Crippen LogP contribution >= 0.6 is 11.8 Å². The van der Waals surface area contributed by atoms with E-state index >= 15 is 0 Å². The Balaban J connectivity index is 1.68. The number of thioether (sulfide) groups is 1. The van der Waals surface area contributed by atoms with Crippen LogP contribution in [0, 0.1) is 12.8 Å². The lowest BCUT2D eigenvalue weighted by Gasteiger charge is -2.06. The van der Waals surface area contributed by atoms with Crippen molar-refractivity contribution in [2.45, 2.75) is 38.8 Å². The highest BCUT2D eigenvalue weighted by Crippen LogP contribution is 2.21. The van der Waals surface area contributed by atoms with Crippen LogP contribution in [0.3, 0.4) is 0 Å². The Morgan fingerprint density at radius 3 is 2.95 bits per heavy atom. The van der Waals surface area contributed by atoms with E-state index in [-0.39, 0.29) is 0 Å². The molecule has 0 amide bonds. The average Bonchev–Trinajstić information content (AvgIpc) is 2.79. The molecule has 2 aromatic rings. The molecule has 0 atom stereocenters. The molecule has 0 aliphatic heterocycles. The number of rotatable bonds is 8. The Kier molecular flexibility index (Phi) is 5.92. The van der Waals surface area contributed by atoms with Crippen LogP contribution in [0.4, 0.5) is 0 Å². The van der Waals surface area contributed by atoms with E-state index < -0.39 is 0 Å². The predicted molar refractivity (Wildman–Crippen MR) is 88.5 cm³/mol. The van der Waals surface area contributed by atoms with E-state index in [2.05, 4.69) is 54.3 Å². The zero-order valence-corrected chi connectivity index (χ0v) is 13.5. The maximum absolute atomic E-state index is 4.60. The fraction of sp³-hybridized carbons (Fsp3) is 0.562. The van der Waals surface area contributed by atoms with Gasteiger partial charge in [-0.15, -0.1) is 0 Å². The third-order valence-corrected chi connectivity index (χ3v) is 4.11. The van der Waals surface area contributed by atoms with Gasteiger partial charge >= 0.3 is 0 Å². The fourth-order valence-electron chi connectivity index (χ4n) is 2.08. The highest BCUT2D eigenvalue weighted by molar-refractivity contribution is 7.99. The van der Waals surface area contributed by atoms with Gasteiger partial charge in [0.15, 0.2) is 5.16 Å². The van der Waals surface area contributed by atoms with E-state index in [1.807, 2.05) is 11.8 Å². The van der Waals surface area contributed by atoms with Crippen molar-refractivity contribution in [3.8, 4) is 0 Å². The van der Waals surface area contributed by atoms with E-state index in [4.69, 9.17) is 0 Å². The standard InChI is InChI=1S/C16H25N3S/c1-12(2)11-17-8-4-5-9-20-16-18-14-7-6-13(3)10-15(14)19-16/h6-7,10,12,17H,4-5,8-9,11H2,1-3H3,(H,18,19). The maximum atomic E-state index is 4.60. The Bertz CT molecular complexity index is 534. The molecular formula is C16H25N3S. The SMILES string of the molecule is Cc1ccc2nc(SCCCCNCC(C)C)[nH]c2c1. The Labute approximate surface area is 125 Å². The number of fused-ring (bicyclic) bond motifs is 1. The van der Waals surface area contributed by atoms with Gasteiger partial charge < -0.3 is 10.3 Å². The number of aryl methyl sites for hydroxylation is 1. The quantitative estimate of drug-likeness (QED) is 0.571. The maximum Gasteiger partial charge on any atom is 0.166 e. The third-order valence-electron chi connectivity index (χ3n) is 3.15. The normalized spacial score (nSPS) is 11.6. The molecule has 110 valence electrons. The van der Waals surface area contributed by atoms with Crippen LogP contribution in [-0.4, -0.2) is 28.8 Å². The first-order valence-electron chi connectivity index (χ1n) is 7.45. The molecule has 4 heteroatoms. The minimum Gasteiger partial charge on any atom is -0.333 e. The highest BCUT2D eigenvalue weighted by atomic mass is 32.2. The van der Waals surface area contributed by atoms with Crippen LogP contribution < -0.4 is 5.32 Å². The lowest BCUT2D eigenvalue weighted by Crippen LogP contribution is -2.20. The van der Waals surface area contributed by atoms with Crippen molar-refractivity contribution in [1.29, 1.82) is 0 Å². The number of aromatic amines is 1. The van der Waals surface area contributed by atoms with Crippen LogP contribution in [0.5, 0.6) is 0 Å². The van der Waals surface area contributed by atoms with Gasteiger partial charge in [-0.1, -0.05) is 31.7 Å². The second-order valence-electron chi connectivity index (χ2n) is 5.72. The van der Waals surface area contributed by atoms with Crippen molar-refractivity contribution in [1.82, 2.24) is 15.3 Å². The second-order valence-corrected chi connectivity index (χ2v) is 6.80. The van der Waals surface area contributed by atoms with E-state index in [1.54, 1.807) is 0 Å². The molecule has 3 nitrogen and oxygen atoms in total. The monoisotopic (exact) mass is 291 g/mol. The van der Waals surface area contributed by atoms with Crippen molar-refractivity contribution < 1.29 is 0 Å². The van der Waals surface area contributed by atoms with Crippen LogP contribution in [0.25, 0.3) is 11.0 Å². The lowest BCUT2D eigenvalue weighted by molar-refractivity contribution is 0.541. The first-order valence-corrected chi connectivity index (χ1v) is 8.43. The van der Waals surface area contributed by atoms with E-state index in [9.17, 15) is 0 Å². The predicted octanol–water partition coefficient (Wildman–Crippen LogP) is 3.99. The largest absolute Gasteiger partial charge is 0.333 e. The summed E-state index contributed by atoms with van der Waals surface area (Å²) in [5.74, 6) is 1.87. The van der Waals surface area contributed by atoms with Crippen molar-refractivity contribution >= 4 is 22.8 Å². The van der Waals surface area contributed by atoms with Gasteiger partial charge in [0.05, 0.1) is 11.0 Å². The molecule has 1 aromatic heterocycles. The second kappa shape index (κ2) is 7.70. The van der Waals surface area contributed by atoms with Crippen molar-refractivity contribution in [2.75, 3.05) is 18.8 Å². The van der Waals surface area contributed by atoms with Crippen LogP contribution in [0.15, 0.2) is 23.4 Å². The van der Waals surface area contributed by atoms with Crippen molar-refractivity contribution in [3.63, 3.8) is 0 Å². The molecule has 0 bridgehead atoms. The van der Waals surface area contributed by atoms with Gasteiger partial charge in [-0.3, -0.25) is 0 Å². The molecule has 0 aliphatic carbocycles. The molecule has 2 N–H and O–H groups in total. The summed E-state index contributed by atoms with van der Waals surface area (Å²) in [4.78, 5) is 7.99. The molecule has 0 spiro atoms. The van der Waals surface area contributed by atoms with E-state index in [0.29, 0.717) is 0 Å². The number of aromatic nitrogens is 2. The molecule has 1 aromatic carbocycles. The smallest absolute Gasteiger partial charge is 0.166 e. The Hall–Kier alpha value is -1.00. The summed E-state index contributed by atoms with van der Waals surface area (Å²) < 4.78 is 0. The molecule has 0 fully saturated rings. The number of hydrogen-bond donors (Lipinski definition) is 2. The summed E-state index contributed by atoms with van der Waals surface area (Å²) in [7, 11) is 0. The number of imidazole rings is 1. The zero-order valence-electron chi connectivity index (χ0n) is 12.7. The molecule has 0 aliphatic rings. The van der Waals surface area contributed by atoms with Gasteiger partial charge in [-0.25, -0.2) is 4.98 Å². The van der Waals surface area contributed by atoms with Gasteiger partial charge in [0.25, 0.3) is 0 Å². The molecule has 1 heterocycles. The molecule has 0 unspecified atom stereocenters. The fourth-order valence-corrected chi connectivity index (χ4v) is 2.97. The number of unbranched alkanes of at least 4 members (excludes halogenated alkanes) is 1. The molecule has 20 heavy (non-hydrogen) atoms. The van der Waals surface area contributed by atoms with Crippen LogP contribution in [0.1, 0.15) is 32.3 Å². The van der Waals surface area contributed by atoms with Gasteiger partial charge in [0, 0.05) is 5.75 Å². The lowest BCUT2D eigenvalue weighted by atomic mass is 10.2. The Morgan fingerprint density at radius 2 is 2.15 bits per heavy atom. The summed E-state index contributed by atoms with van der Waals surface area (Å²) >= 11 is 1.82. The van der Waals surface area contributed by atoms with Gasteiger partial charge in [-0.05, 0) is 56.5 Å².